The first-order valence-corrected chi connectivity index (χ1v) is 22.7. The minimum absolute atomic E-state index is 0.00860. The van der Waals surface area contributed by atoms with Crippen LogP contribution in [-0.2, 0) is 111 Å². The molecule has 408 valence electrons. The molecule has 0 radical (unpaired) electrons. The number of carbonyl (C=O) groups excluding carboxylic acids is 11. The molecule has 0 bridgehead atoms. The predicted octanol–water partition coefficient (Wildman–Crippen LogP) is 2.26. The van der Waals surface area contributed by atoms with Crippen LogP contribution in [0.5, 0.6) is 23.0 Å². The van der Waals surface area contributed by atoms with Gasteiger partial charge in [-0.1, -0.05) is 12.1 Å². The molecule has 10 atom stereocenters. The normalized spacial score (nSPS) is 23.0. The molecule has 0 aliphatic carbocycles. The fourth-order valence-electron chi connectivity index (χ4n) is 7.33. The molecule has 26 heteroatoms. The van der Waals surface area contributed by atoms with Gasteiger partial charge in [-0.3, -0.25) is 47.9 Å². The molecule has 2 aromatic rings. The molecule has 0 aromatic heterocycles. The summed E-state index contributed by atoms with van der Waals surface area (Å²) in [7, 11) is 0. The van der Waals surface area contributed by atoms with Crippen molar-refractivity contribution in [3.8, 4) is 23.0 Å². The SMILES string of the molecule is CC(=O)OC[C@H]1O[C@@H](O[C@@H]2[C@@H](OC(C)=O)[C@H](OCCc3ccc(OC(C)=O)c(OC(C)=O)c3)O[C@H](COC(C)=O)[C@H]2OC(=O)C=Cc2ccc(OC(C)=O)c(OC(C)=O)c2)[C@H](OC(C)=O)[C@@H](OC(C)=O)[C@@H]1OC(C)=O. The lowest BCUT2D eigenvalue weighted by molar-refractivity contribution is -0.361. The maximum Gasteiger partial charge on any atom is 0.331 e. The third-order valence-corrected chi connectivity index (χ3v) is 9.91. The molecule has 75 heavy (non-hydrogen) atoms. The molecule has 2 saturated heterocycles. The molecule has 2 fully saturated rings. The summed E-state index contributed by atoms with van der Waals surface area (Å²) in [5.41, 5.74) is 0.649. The van der Waals surface area contributed by atoms with E-state index in [1.54, 1.807) is 0 Å². The average molecular weight is 1060 g/mol. The minimum atomic E-state index is -2.01. The Morgan fingerprint density at radius 1 is 0.440 bits per heavy atom. The van der Waals surface area contributed by atoms with Crippen LogP contribution in [0, 0.1) is 0 Å². The van der Waals surface area contributed by atoms with Gasteiger partial charge in [-0.05, 0) is 47.9 Å². The lowest BCUT2D eigenvalue weighted by atomic mass is 9.96. The largest absolute Gasteiger partial charge is 0.463 e. The molecule has 0 N–H and O–H groups in total. The van der Waals surface area contributed by atoms with Crippen LogP contribution in [-0.4, -0.2) is 147 Å². The molecule has 0 saturated carbocycles. The van der Waals surface area contributed by atoms with Crippen molar-refractivity contribution in [1.82, 2.24) is 0 Å². The number of rotatable bonds is 21. The summed E-state index contributed by atoms with van der Waals surface area (Å²) in [5.74, 6) is -10.2. The van der Waals surface area contributed by atoms with Crippen LogP contribution in [0.1, 0.15) is 80.4 Å². The fraction of sp³-hybridized carbons (Fsp3) is 0.490. The molecule has 0 spiro atoms. The Kier molecular flexibility index (Phi) is 22.3. The molecular weight excluding hydrogens is 1000 g/mol. The van der Waals surface area contributed by atoms with Gasteiger partial charge >= 0.3 is 65.7 Å². The summed E-state index contributed by atoms with van der Waals surface area (Å²) in [6, 6.07) is 8.22. The van der Waals surface area contributed by atoms with Crippen LogP contribution < -0.4 is 18.9 Å². The highest BCUT2D eigenvalue weighted by molar-refractivity contribution is 5.87. The van der Waals surface area contributed by atoms with E-state index in [9.17, 15) is 52.7 Å². The van der Waals surface area contributed by atoms with Gasteiger partial charge in [0.2, 0.25) is 0 Å². The Morgan fingerprint density at radius 2 is 0.867 bits per heavy atom. The Bertz CT molecular complexity index is 2500. The van der Waals surface area contributed by atoms with Crippen LogP contribution >= 0.6 is 0 Å². The monoisotopic (exact) mass is 1060 g/mol. The number of hydrogen-bond acceptors (Lipinski definition) is 26. The Morgan fingerprint density at radius 3 is 1.36 bits per heavy atom. The van der Waals surface area contributed by atoms with Crippen molar-refractivity contribution >= 4 is 71.7 Å². The molecule has 0 unspecified atom stereocenters. The number of ether oxygens (including phenoxy) is 15. The van der Waals surface area contributed by atoms with Gasteiger partial charge in [0.25, 0.3) is 0 Å². The zero-order chi connectivity index (χ0) is 55.7. The van der Waals surface area contributed by atoms with Crippen LogP contribution in [0.2, 0.25) is 0 Å². The summed E-state index contributed by atoms with van der Waals surface area (Å²) >= 11 is 0. The zero-order valence-electron chi connectivity index (χ0n) is 42.3. The van der Waals surface area contributed by atoms with E-state index in [1.165, 1.54) is 42.5 Å². The summed E-state index contributed by atoms with van der Waals surface area (Å²) in [6.07, 6.45) is -15.7. The third-order valence-electron chi connectivity index (χ3n) is 9.91. The summed E-state index contributed by atoms with van der Waals surface area (Å²) in [4.78, 5) is 137. The van der Waals surface area contributed by atoms with Crippen LogP contribution in [0.25, 0.3) is 6.08 Å². The second-order valence-corrected chi connectivity index (χ2v) is 16.3. The van der Waals surface area contributed by atoms with Gasteiger partial charge in [0, 0.05) is 75.3 Å². The molecule has 2 aromatic carbocycles. The lowest BCUT2D eigenvalue weighted by Crippen LogP contribution is -2.67. The fourth-order valence-corrected chi connectivity index (χ4v) is 7.33. The summed E-state index contributed by atoms with van der Waals surface area (Å²) in [6.45, 7) is 8.86. The number of esters is 11. The van der Waals surface area contributed by atoms with E-state index in [0.717, 1.165) is 75.3 Å². The highest BCUT2D eigenvalue weighted by Gasteiger charge is 2.58. The van der Waals surface area contributed by atoms with Crippen molar-refractivity contribution in [2.24, 2.45) is 0 Å². The molecule has 2 aliphatic rings. The Labute approximate surface area is 428 Å². The van der Waals surface area contributed by atoms with Crippen molar-refractivity contribution in [3.63, 3.8) is 0 Å². The highest BCUT2D eigenvalue weighted by Crippen LogP contribution is 2.37. The van der Waals surface area contributed by atoms with Crippen LogP contribution in [0.3, 0.4) is 0 Å². The first kappa shape index (κ1) is 59.8. The first-order chi connectivity index (χ1) is 35.3. The Hall–Kier alpha value is -7.81. The number of benzene rings is 2. The second kappa shape index (κ2) is 28.0. The van der Waals surface area contributed by atoms with E-state index in [2.05, 4.69) is 0 Å². The molecule has 0 amide bonds. The molecular formula is C49H56O26. The van der Waals surface area contributed by atoms with E-state index in [1.807, 2.05) is 0 Å². The quantitative estimate of drug-likeness (QED) is 0.0749. The van der Waals surface area contributed by atoms with E-state index in [-0.39, 0.29) is 41.6 Å². The van der Waals surface area contributed by atoms with Crippen molar-refractivity contribution < 1.29 is 124 Å². The highest BCUT2D eigenvalue weighted by atomic mass is 16.8. The summed E-state index contributed by atoms with van der Waals surface area (Å²) < 4.78 is 84.7. The maximum atomic E-state index is 14.0. The Balaban J connectivity index is 1.88. The van der Waals surface area contributed by atoms with Gasteiger partial charge in [0.15, 0.2) is 66.1 Å². The second-order valence-electron chi connectivity index (χ2n) is 16.3. The van der Waals surface area contributed by atoms with E-state index in [4.69, 9.17) is 71.1 Å². The van der Waals surface area contributed by atoms with Gasteiger partial charge < -0.3 is 71.1 Å². The van der Waals surface area contributed by atoms with Crippen LogP contribution in [0.15, 0.2) is 42.5 Å². The molecule has 2 heterocycles. The van der Waals surface area contributed by atoms with E-state index < -0.39 is 140 Å². The first-order valence-electron chi connectivity index (χ1n) is 22.7. The van der Waals surface area contributed by atoms with Crippen molar-refractivity contribution in [1.29, 1.82) is 0 Å². The van der Waals surface area contributed by atoms with Crippen molar-refractivity contribution in [2.45, 2.75) is 137 Å². The smallest absolute Gasteiger partial charge is 0.331 e. The van der Waals surface area contributed by atoms with Crippen LogP contribution in [0.4, 0.5) is 0 Å². The lowest BCUT2D eigenvalue weighted by Gasteiger charge is -2.48. The summed E-state index contributed by atoms with van der Waals surface area (Å²) in [5, 5.41) is 0. The maximum absolute atomic E-state index is 14.0. The third kappa shape index (κ3) is 19.2. The molecule has 4 rings (SSSR count). The molecule has 2 aliphatic heterocycles. The number of carbonyl (C=O) groups is 11. The van der Waals surface area contributed by atoms with Gasteiger partial charge in [0.1, 0.15) is 31.5 Å². The predicted molar refractivity (Wildman–Crippen MR) is 244 cm³/mol. The van der Waals surface area contributed by atoms with Gasteiger partial charge in [-0.25, -0.2) is 4.79 Å². The van der Waals surface area contributed by atoms with Gasteiger partial charge in [0.05, 0.1) is 6.61 Å². The van der Waals surface area contributed by atoms with Gasteiger partial charge in [-0.15, -0.1) is 0 Å². The van der Waals surface area contributed by atoms with E-state index >= 15 is 0 Å². The molecule has 26 nitrogen and oxygen atoms in total. The minimum Gasteiger partial charge on any atom is -0.463 e. The van der Waals surface area contributed by atoms with Crippen molar-refractivity contribution in [3.05, 3.63) is 53.6 Å². The average Bonchev–Trinajstić information content (AvgIpc) is 3.28. The van der Waals surface area contributed by atoms with E-state index in [0.29, 0.717) is 5.56 Å². The van der Waals surface area contributed by atoms with Gasteiger partial charge in [-0.2, -0.15) is 0 Å². The zero-order valence-corrected chi connectivity index (χ0v) is 42.3. The topological polar surface area (TPSA) is 326 Å². The number of hydrogen-bond donors (Lipinski definition) is 0. The van der Waals surface area contributed by atoms with Crippen molar-refractivity contribution in [2.75, 3.05) is 19.8 Å². The standard InChI is InChI=1S/C49H56O26/c1-23(50)62-21-39-42(68-29(7)56)44(69-30(8)57)47(71-32(10)59)49(73-39)75-45-43(74-41(60)16-13-33-11-14-35(64-25(3)52)37(19-33)66-27(5)54)40(22-63-24(2)51)72-48(46(45)70-31(9)58)61-18-17-34-12-15-36(65-26(4)53)38(20-34)67-28(6)55/h11-16,19-20,39-40,42-49H,17-18,21-22H2,1-10H3/t39-,40-,42-,43-,44+,45+,46-,47-,48-,49+/m1/s1.